The molecule has 47 heavy (non-hydrogen) atoms. The highest BCUT2D eigenvalue weighted by Crippen LogP contribution is 2.66. The van der Waals surface area contributed by atoms with E-state index in [2.05, 4.69) is 15.0 Å². The zero-order valence-corrected chi connectivity index (χ0v) is 24.2. The highest BCUT2D eigenvalue weighted by atomic mass is 16.6. The van der Waals surface area contributed by atoms with Crippen LogP contribution in [0.3, 0.4) is 0 Å². The number of fused-ring (bicyclic) bond motifs is 2. The van der Waals surface area contributed by atoms with Crippen LogP contribution in [0.2, 0.25) is 0 Å². The number of imidazole rings is 1. The summed E-state index contributed by atoms with van der Waals surface area (Å²) in [6.07, 6.45) is -2.99. The predicted octanol–water partition coefficient (Wildman–Crippen LogP) is 2.44. The summed E-state index contributed by atoms with van der Waals surface area (Å²) in [6.45, 7) is 0. The lowest BCUT2D eigenvalue weighted by atomic mass is 9.77. The zero-order valence-electron chi connectivity index (χ0n) is 24.2. The molecule has 1 saturated carbocycles. The Morgan fingerprint density at radius 3 is 1.96 bits per heavy atom. The number of nitrogen functional groups attached to an aromatic ring is 1. The molecule has 1 aliphatic carbocycles. The lowest BCUT2D eigenvalue weighted by Gasteiger charge is -2.38. The van der Waals surface area contributed by atoms with Crippen molar-refractivity contribution in [2.24, 2.45) is 0 Å². The van der Waals surface area contributed by atoms with Gasteiger partial charge in [0.05, 0.1) is 5.56 Å². The van der Waals surface area contributed by atoms with E-state index in [0.717, 1.165) is 10.9 Å². The van der Waals surface area contributed by atoms with Crippen molar-refractivity contribution in [1.82, 2.24) is 19.5 Å². The van der Waals surface area contributed by atoms with Gasteiger partial charge in [-0.3, -0.25) is 14.2 Å². The van der Waals surface area contributed by atoms with E-state index in [0.29, 0.717) is 0 Å². The Bertz CT molecular complexity index is 2020. The number of nitrogens with zero attached hydrogens (tertiary/aromatic N) is 5. The summed E-state index contributed by atoms with van der Waals surface area (Å²) < 4.78 is 13.3. The van der Waals surface area contributed by atoms with Gasteiger partial charge >= 0.3 is 11.9 Å². The minimum absolute atomic E-state index is 0.00807. The molecule has 4 atom stereocenters. The molecule has 0 amide bonds. The molecule has 2 aromatic heterocycles. The maximum Gasteiger partial charge on any atom is 0.473 e. The number of nitrogens with two attached hydrogens (primary N) is 1. The van der Waals surface area contributed by atoms with Crippen LogP contribution in [0.25, 0.3) is 11.2 Å². The summed E-state index contributed by atoms with van der Waals surface area (Å²) in [5.41, 5.74) is -1.99. The second-order valence-electron chi connectivity index (χ2n) is 11.3. The molecule has 4 N–H and O–H groups in total. The predicted molar refractivity (Wildman–Crippen MR) is 161 cm³/mol. The monoisotopic (exact) mass is 636 g/mol. The minimum Gasteiger partial charge on any atom is -0.435 e. The molecule has 2 fully saturated rings. The second-order valence-corrected chi connectivity index (χ2v) is 11.3. The molecule has 1 saturated heterocycles. The Morgan fingerprint density at radius 2 is 1.43 bits per heavy atom. The van der Waals surface area contributed by atoms with Gasteiger partial charge in [0.25, 0.3) is 5.60 Å². The number of aliphatic hydroxyl groups is 2. The fourth-order valence-electron chi connectivity index (χ4n) is 6.12. The van der Waals surface area contributed by atoms with E-state index >= 15 is 0 Å². The Hall–Kier alpha value is -5.90. The Morgan fingerprint density at radius 1 is 0.894 bits per heavy atom. The number of hydrogen-bond donors (Lipinski definition) is 3. The fraction of sp³-hybridized carbons (Fsp3) is 0.188. The molecule has 5 aromatic rings. The number of carbonyl (C=O) groups excluding carboxylic acids is 3. The van der Waals surface area contributed by atoms with Crippen molar-refractivity contribution < 1.29 is 39.0 Å². The molecule has 15 nitrogen and oxygen atoms in total. The van der Waals surface area contributed by atoms with Gasteiger partial charge < -0.3 is 35.5 Å². The molecule has 0 radical (unpaired) electrons. The first-order valence-electron chi connectivity index (χ1n) is 14.2. The Labute approximate surface area is 264 Å². The Kier molecular flexibility index (Phi) is 6.71. The number of carbonyl (C=O) groups is 3. The van der Waals surface area contributed by atoms with Gasteiger partial charge in [0.15, 0.2) is 11.7 Å². The quantitative estimate of drug-likeness (QED) is 0.0696. The first-order valence-corrected chi connectivity index (χ1v) is 14.2. The number of aromatic nitrogens is 4. The molecule has 1 aliphatic heterocycles. The van der Waals surface area contributed by atoms with Crippen LogP contribution in [-0.2, 0) is 9.47 Å². The standard InChI is InChI=1S/C32H24N6O9/c33-24-21-25(36-29(35-24)38(44)45)37(17-34-21)28-31(43)16-30(31,42)27(46-28)32(22(39)18-10-4-1-5-11-18,23(40)19-12-6-2-7-13-19)47-26(41)20-14-8-3-9-15-20/h1-15,17,27-28,42-43H,16H2,(H2,33,35,36)/t27-,28+,30+,31-/m0/s1. The van der Waals surface area contributed by atoms with E-state index in [-0.39, 0.29) is 33.7 Å². The second kappa shape index (κ2) is 10.6. The molecule has 15 heteroatoms. The molecule has 7 rings (SSSR count). The maximum absolute atomic E-state index is 14.7. The average molecular weight is 637 g/mol. The van der Waals surface area contributed by atoms with Gasteiger partial charge in [0.2, 0.25) is 23.0 Å². The number of benzene rings is 3. The number of esters is 1. The summed E-state index contributed by atoms with van der Waals surface area (Å²) in [4.78, 5) is 65.5. The highest BCUT2D eigenvalue weighted by molar-refractivity contribution is 6.24. The number of hydrogen-bond acceptors (Lipinski definition) is 13. The largest absolute Gasteiger partial charge is 0.473 e. The van der Waals surface area contributed by atoms with E-state index in [1.54, 1.807) is 54.6 Å². The van der Waals surface area contributed by atoms with Gasteiger partial charge in [-0.05, 0) is 27.0 Å². The lowest BCUT2D eigenvalue weighted by molar-refractivity contribution is -0.394. The van der Waals surface area contributed by atoms with Gasteiger partial charge in [-0.25, -0.2) is 9.78 Å². The molecule has 0 spiro atoms. The van der Waals surface area contributed by atoms with Crippen LogP contribution >= 0.6 is 0 Å². The van der Waals surface area contributed by atoms with Crippen molar-refractivity contribution in [3.63, 3.8) is 0 Å². The molecular weight excluding hydrogens is 612 g/mol. The van der Waals surface area contributed by atoms with Gasteiger partial charge in [-0.2, -0.15) is 0 Å². The van der Waals surface area contributed by atoms with Crippen LogP contribution in [0, 0.1) is 10.1 Å². The van der Waals surface area contributed by atoms with E-state index in [4.69, 9.17) is 15.2 Å². The summed E-state index contributed by atoms with van der Waals surface area (Å²) in [6, 6.07) is 22.7. The number of rotatable bonds is 9. The smallest absolute Gasteiger partial charge is 0.435 e. The normalized spacial score (nSPS) is 23.2. The maximum atomic E-state index is 14.7. The van der Waals surface area contributed by atoms with Crippen molar-refractivity contribution in [3.8, 4) is 0 Å². The molecule has 3 heterocycles. The number of ether oxygens (including phenoxy) is 2. The lowest BCUT2D eigenvalue weighted by Crippen LogP contribution is -2.63. The first-order chi connectivity index (χ1) is 22.5. The molecule has 0 unspecified atom stereocenters. The third-order valence-corrected chi connectivity index (χ3v) is 8.50. The van der Waals surface area contributed by atoms with Crippen LogP contribution < -0.4 is 5.73 Å². The van der Waals surface area contributed by atoms with Crippen LogP contribution in [-0.4, -0.2) is 75.1 Å². The SMILES string of the molecule is Nc1nc([N+](=O)[O-])nc2c1ncn2[C@@H]1O[C@H](C(OC(=O)c2ccccc2)(C(=O)c2ccccc2)C(=O)c2ccccc2)[C@]2(O)C[C@]12O. The van der Waals surface area contributed by atoms with Gasteiger partial charge in [-0.1, -0.05) is 78.9 Å². The third-order valence-electron chi connectivity index (χ3n) is 8.50. The van der Waals surface area contributed by atoms with Crippen molar-refractivity contribution in [3.05, 3.63) is 124 Å². The minimum atomic E-state index is -2.90. The van der Waals surface area contributed by atoms with E-state index < -0.39 is 64.0 Å². The van der Waals surface area contributed by atoms with Crippen LogP contribution in [0.15, 0.2) is 97.3 Å². The van der Waals surface area contributed by atoms with Crippen LogP contribution in [0.5, 0.6) is 0 Å². The topological polar surface area (TPSA) is 223 Å². The van der Waals surface area contributed by atoms with Gasteiger partial charge in [0, 0.05) is 17.5 Å². The van der Waals surface area contributed by atoms with Crippen LogP contribution in [0.1, 0.15) is 43.7 Å². The summed E-state index contributed by atoms with van der Waals surface area (Å²) in [5.74, 6) is -4.33. The van der Waals surface area contributed by atoms with E-state index in [1.165, 1.54) is 36.4 Å². The summed E-state index contributed by atoms with van der Waals surface area (Å²) in [7, 11) is 0. The van der Waals surface area contributed by atoms with Crippen molar-refractivity contribution in [1.29, 1.82) is 0 Å². The van der Waals surface area contributed by atoms with E-state index in [1.807, 2.05) is 0 Å². The molecular formula is C32H24N6O9. The van der Waals surface area contributed by atoms with Crippen LogP contribution in [0.4, 0.5) is 11.8 Å². The molecule has 236 valence electrons. The summed E-state index contributed by atoms with van der Waals surface area (Å²) in [5, 5.41) is 35.4. The number of Topliss-reactive ketones (excluding diaryl/α,β-unsaturated/α-hetero) is 2. The van der Waals surface area contributed by atoms with Crippen molar-refractivity contribution in [2.75, 3.05) is 5.73 Å². The molecule has 2 aliphatic rings. The number of anilines is 1. The highest BCUT2D eigenvalue weighted by Gasteiger charge is 2.86. The first kappa shape index (κ1) is 29.8. The average Bonchev–Trinajstić information content (AvgIpc) is 3.33. The molecule has 0 bridgehead atoms. The zero-order chi connectivity index (χ0) is 33.1. The van der Waals surface area contributed by atoms with Crippen molar-refractivity contribution >= 4 is 40.5 Å². The van der Waals surface area contributed by atoms with Gasteiger partial charge in [-0.15, -0.1) is 0 Å². The fourth-order valence-corrected chi connectivity index (χ4v) is 6.12. The summed E-state index contributed by atoms with van der Waals surface area (Å²) >= 11 is 0. The van der Waals surface area contributed by atoms with Crippen molar-refractivity contribution in [2.45, 2.75) is 35.6 Å². The third kappa shape index (κ3) is 4.39. The number of ketones is 2. The molecule has 3 aromatic carbocycles. The number of nitro groups is 1. The van der Waals surface area contributed by atoms with E-state index in [9.17, 15) is 34.7 Å². The Balaban J connectivity index is 1.44. The van der Waals surface area contributed by atoms with Gasteiger partial charge in [0.1, 0.15) is 23.6 Å².